The van der Waals surface area contributed by atoms with Crippen LogP contribution in [0.2, 0.25) is 0 Å². The van der Waals surface area contributed by atoms with Crippen LogP contribution in [0.25, 0.3) is 0 Å². The summed E-state index contributed by atoms with van der Waals surface area (Å²) in [4.78, 5) is 13.0. The largest absolute Gasteiger partial charge is 0.322 e. The Hall–Kier alpha value is -0.940. The Kier molecular flexibility index (Phi) is 4.23. The monoisotopic (exact) mass is 274 g/mol. The number of halogens is 2. The lowest BCUT2D eigenvalue weighted by Crippen LogP contribution is -2.27. The third-order valence-electron chi connectivity index (χ3n) is 1.67. The lowest BCUT2D eigenvalue weighted by molar-refractivity contribution is -0.116. The highest BCUT2D eigenvalue weighted by Gasteiger charge is 2.07. The maximum Gasteiger partial charge on any atom is 0.238 e. The molecule has 0 aliphatic heterocycles. The Bertz CT molecular complexity index is 368. The number of benzene rings is 1. The zero-order valence-corrected chi connectivity index (χ0v) is 10.1. The summed E-state index contributed by atoms with van der Waals surface area (Å²) in [6.45, 7) is 0.232. The lowest BCUT2D eigenvalue weighted by Gasteiger charge is -2.10. The molecule has 1 rings (SSSR count). The molecule has 0 radical (unpaired) electrons. The highest BCUT2D eigenvalue weighted by Crippen LogP contribution is 2.19. The number of nitrogens with one attached hydrogen (secondary N) is 1. The summed E-state index contributed by atoms with van der Waals surface area (Å²) in [5.74, 6) is -0.683. The summed E-state index contributed by atoms with van der Waals surface area (Å²) in [5.41, 5.74) is 0.199. The van der Waals surface area contributed by atoms with Crippen LogP contribution in [0.3, 0.4) is 0 Å². The molecule has 0 saturated heterocycles. The summed E-state index contributed by atoms with van der Waals surface area (Å²) < 4.78 is 13.9. The Morgan fingerprint density at radius 3 is 2.73 bits per heavy atom. The van der Waals surface area contributed by atoms with Gasteiger partial charge in [0, 0.05) is 4.47 Å². The van der Waals surface area contributed by atoms with Gasteiger partial charge in [-0.05, 0) is 32.3 Å². The molecule has 0 unspecified atom stereocenters. The van der Waals surface area contributed by atoms with E-state index in [0.29, 0.717) is 4.47 Å². The van der Waals surface area contributed by atoms with E-state index < -0.39 is 5.82 Å². The van der Waals surface area contributed by atoms with Gasteiger partial charge >= 0.3 is 0 Å². The van der Waals surface area contributed by atoms with E-state index in [-0.39, 0.29) is 18.1 Å². The predicted molar refractivity (Wildman–Crippen MR) is 61.3 cm³/mol. The number of hydrogen-bond donors (Lipinski definition) is 1. The van der Waals surface area contributed by atoms with Crippen molar-refractivity contribution in [2.24, 2.45) is 0 Å². The van der Waals surface area contributed by atoms with Crippen molar-refractivity contribution in [1.29, 1.82) is 0 Å². The molecular weight excluding hydrogens is 263 g/mol. The number of carbonyl (C=O) groups excluding carboxylic acids is 1. The summed E-state index contributed by atoms with van der Waals surface area (Å²) in [5, 5.41) is 2.49. The average molecular weight is 275 g/mol. The fraction of sp³-hybridized carbons (Fsp3) is 0.300. The van der Waals surface area contributed by atoms with E-state index in [1.54, 1.807) is 25.1 Å². The standard InChI is InChI=1S/C10H12BrFN2O/c1-14(2)6-10(15)13-9-4-3-7(11)5-8(9)12/h3-5H,6H2,1-2H3,(H,13,15). The molecule has 0 bridgehead atoms. The second-order valence-corrected chi connectivity index (χ2v) is 4.33. The minimum Gasteiger partial charge on any atom is -0.322 e. The van der Waals surface area contributed by atoms with Gasteiger partial charge in [-0.25, -0.2) is 4.39 Å². The summed E-state index contributed by atoms with van der Waals surface area (Å²) >= 11 is 3.14. The van der Waals surface area contributed by atoms with Crippen LogP contribution in [-0.4, -0.2) is 31.4 Å². The first-order chi connectivity index (χ1) is 6.99. The molecule has 15 heavy (non-hydrogen) atoms. The first kappa shape index (κ1) is 12.1. The van der Waals surface area contributed by atoms with Crippen molar-refractivity contribution < 1.29 is 9.18 Å². The van der Waals surface area contributed by atoms with E-state index in [0.717, 1.165) is 0 Å². The van der Waals surface area contributed by atoms with Crippen molar-refractivity contribution in [3.8, 4) is 0 Å². The Morgan fingerprint density at radius 1 is 1.53 bits per heavy atom. The molecular formula is C10H12BrFN2O. The molecule has 0 aliphatic rings. The number of nitrogens with zero attached hydrogens (tertiary/aromatic N) is 1. The molecule has 1 N–H and O–H groups in total. The molecule has 5 heteroatoms. The number of anilines is 1. The van der Waals surface area contributed by atoms with Gasteiger partial charge < -0.3 is 10.2 Å². The van der Waals surface area contributed by atoms with Crippen LogP contribution in [0.5, 0.6) is 0 Å². The summed E-state index contributed by atoms with van der Waals surface area (Å²) in [6.07, 6.45) is 0. The first-order valence-corrected chi connectivity index (χ1v) is 5.18. The fourth-order valence-corrected chi connectivity index (χ4v) is 1.40. The van der Waals surface area contributed by atoms with Gasteiger partial charge in [0.25, 0.3) is 0 Å². The molecule has 1 aromatic rings. The van der Waals surface area contributed by atoms with Crippen molar-refractivity contribution in [2.45, 2.75) is 0 Å². The molecule has 1 aromatic carbocycles. The Labute approximate surface area is 96.4 Å². The van der Waals surface area contributed by atoms with Gasteiger partial charge in [0.2, 0.25) is 5.91 Å². The van der Waals surface area contributed by atoms with Gasteiger partial charge in [-0.3, -0.25) is 4.79 Å². The van der Waals surface area contributed by atoms with Gasteiger partial charge in [-0.15, -0.1) is 0 Å². The second kappa shape index (κ2) is 5.23. The van der Waals surface area contributed by atoms with E-state index in [9.17, 15) is 9.18 Å². The minimum absolute atomic E-state index is 0.199. The van der Waals surface area contributed by atoms with Crippen LogP contribution in [-0.2, 0) is 4.79 Å². The van der Waals surface area contributed by atoms with Gasteiger partial charge in [0.15, 0.2) is 0 Å². The molecule has 0 atom stereocenters. The maximum absolute atomic E-state index is 13.3. The zero-order valence-electron chi connectivity index (χ0n) is 8.55. The lowest BCUT2D eigenvalue weighted by atomic mass is 10.3. The number of likely N-dealkylation sites (N-methyl/N-ethyl adjacent to an activating group) is 1. The first-order valence-electron chi connectivity index (χ1n) is 4.38. The van der Waals surface area contributed by atoms with Crippen molar-refractivity contribution in [3.05, 3.63) is 28.5 Å². The third-order valence-corrected chi connectivity index (χ3v) is 2.16. The number of amides is 1. The Balaban J connectivity index is 2.68. The van der Waals surface area contributed by atoms with Crippen LogP contribution < -0.4 is 5.32 Å². The molecule has 3 nitrogen and oxygen atoms in total. The van der Waals surface area contributed by atoms with Gasteiger partial charge in [0.05, 0.1) is 12.2 Å². The van der Waals surface area contributed by atoms with E-state index >= 15 is 0 Å². The molecule has 1 amide bonds. The van der Waals surface area contributed by atoms with Crippen LogP contribution >= 0.6 is 15.9 Å². The second-order valence-electron chi connectivity index (χ2n) is 3.41. The van der Waals surface area contributed by atoms with E-state index in [1.807, 2.05) is 0 Å². The smallest absolute Gasteiger partial charge is 0.238 e. The predicted octanol–water partition coefficient (Wildman–Crippen LogP) is 2.09. The molecule has 0 saturated carbocycles. The molecule has 82 valence electrons. The van der Waals surface area contributed by atoms with Gasteiger partial charge in [-0.1, -0.05) is 15.9 Å². The van der Waals surface area contributed by atoms with Crippen molar-refractivity contribution in [1.82, 2.24) is 4.90 Å². The minimum atomic E-state index is -0.448. The van der Waals surface area contributed by atoms with Gasteiger partial charge in [-0.2, -0.15) is 0 Å². The topological polar surface area (TPSA) is 32.3 Å². The average Bonchev–Trinajstić information content (AvgIpc) is 2.08. The van der Waals surface area contributed by atoms with Crippen LogP contribution in [0.4, 0.5) is 10.1 Å². The number of rotatable bonds is 3. The van der Waals surface area contributed by atoms with Crippen LogP contribution in [0, 0.1) is 5.82 Å². The van der Waals surface area contributed by atoms with Crippen molar-refractivity contribution in [3.63, 3.8) is 0 Å². The molecule has 0 aliphatic carbocycles. The van der Waals surface area contributed by atoms with Gasteiger partial charge in [0.1, 0.15) is 5.82 Å². The van der Waals surface area contributed by atoms with Crippen LogP contribution in [0.15, 0.2) is 22.7 Å². The van der Waals surface area contributed by atoms with E-state index in [2.05, 4.69) is 21.2 Å². The molecule has 0 spiro atoms. The quantitative estimate of drug-likeness (QED) is 0.916. The Morgan fingerprint density at radius 2 is 2.20 bits per heavy atom. The highest BCUT2D eigenvalue weighted by molar-refractivity contribution is 9.10. The number of carbonyl (C=O) groups is 1. The summed E-state index contributed by atoms with van der Waals surface area (Å²) in [6, 6.07) is 4.51. The normalized spacial score (nSPS) is 10.5. The third kappa shape index (κ3) is 3.97. The molecule has 0 aromatic heterocycles. The molecule has 0 heterocycles. The van der Waals surface area contributed by atoms with E-state index in [4.69, 9.17) is 0 Å². The van der Waals surface area contributed by atoms with Crippen molar-refractivity contribution >= 4 is 27.5 Å². The fourth-order valence-electron chi connectivity index (χ4n) is 1.07. The SMILES string of the molecule is CN(C)CC(=O)Nc1ccc(Br)cc1F. The van der Waals surface area contributed by atoms with Crippen LogP contribution in [0.1, 0.15) is 0 Å². The maximum atomic E-state index is 13.3. The highest BCUT2D eigenvalue weighted by atomic mass is 79.9. The molecule has 0 fully saturated rings. The summed E-state index contributed by atoms with van der Waals surface area (Å²) in [7, 11) is 3.55. The van der Waals surface area contributed by atoms with E-state index in [1.165, 1.54) is 12.1 Å². The van der Waals surface area contributed by atoms with Crippen molar-refractivity contribution in [2.75, 3.05) is 26.0 Å². The zero-order chi connectivity index (χ0) is 11.4. The number of hydrogen-bond acceptors (Lipinski definition) is 2.